The summed E-state index contributed by atoms with van der Waals surface area (Å²) in [5, 5.41) is 9.74. The van der Waals surface area contributed by atoms with Crippen molar-refractivity contribution >= 4 is 11.9 Å². The van der Waals surface area contributed by atoms with Gasteiger partial charge in [-0.3, -0.25) is 9.59 Å². The third kappa shape index (κ3) is 81.8. The predicted octanol–water partition coefficient (Wildman–Crippen LogP) is 30.1. The van der Waals surface area contributed by atoms with Gasteiger partial charge >= 0.3 is 11.9 Å². The number of rotatable bonds is 80. The maximum atomic E-state index is 12.4. The second-order valence-electron chi connectivity index (χ2n) is 28.9. The molecule has 0 saturated carbocycles. The van der Waals surface area contributed by atoms with E-state index in [4.69, 9.17) is 9.47 Å². The highest BCUT2D eigenvalue weighted by molar-refractivity contribution is 5.70. The Hall–Kier alpha value is -2.66. The van der Waals surface area contributed by atoms with Gasteiger partial charge in [0.25, 0.3) is 0 Å². The molecule has 0 amide bonds. The van der Waals surface area contributed by atoms with E-state index in [-0.39, 0.29) is 25.2 Å². The Kier molecular flexibility index (Phi) is 82.2. The van der Waals surface area contributed by atoms with E-state index >= 15 is 0 Å². The molecule has 5 heteroatoms. The van der Waals surface area contributed by atoms with E-state index in [0.717, 1.165) is 64.2 Å². The number of allylic oxidation sites excluding steroid dienone is 12. The van der Waals surface area contributed by atoms with Crippen molar-refractivity contribution in [3.8, 4) is 0 Å². The van der Waals surface area contributed by atoms with Crippen LogP contribution in [-0.2, 0) is 19.1 Å². The maximum absolute atomic E-state index is 12.4. The second-order valence-corrected chi connectivity index (χ2v) is 28.9. The number of carbonyl (C=O) groups excluding carboxylic acids is 2. The monoisotopic (exact) mass is 1310 g/mol. The van der Waals surface area contributed by atoms with Crippen molar-refractivity contribution in [1.29, 1.82) is 0 Å². The molecule has 0 bridgehead atoms. The molecule has 0 saturated heterocycles. The summed E-state index contributed by atoms with van der Waals surface area (Å²) in [6, 6.07) is 0. The Balaban J connectivity index is 3.37. The van der Waals surface area contributed by atoms with Crippen LogP contribution in [0.1, 0.15) is 463 Å². The zero-order valence-corrected chi connectivity index (χ0v) is 63.5. The molecule has 1 N–H and O–H groups in total. The fraction of sp³-hybridized carbons (Fsp3) is 0.843. The van der Waals surface area contributed by atoms with Crippen LogP contribution in [0.4, 0.5) is 0 Å². The van der Waals surface area contributed by atoms with Crippen molar-refractivity contribution in [3.05, 3.63) is 72.9 Å². The van der Waals surface area contributed by atoms with Crippen molar-refractivity contribution in [1.82, 2.24) is 0 Å². The molecular weight excluding hydrogens is 1150 g/mol. The molecule has 550 valence electrons. The lowest BCUT2D eigenvalue weighted by atomic mass is 10.0. The highest BCUT2D eigenvalue weighted by atomic mass is 16.6. The Labute approximate surface area is 588 Å². The summed E-state index contributed by atoms with van der Waals surface area (Å²) in [7, 11) is 0. The van der Waals surface area contributed by atoms with Gasteiger partial charge in [-0.05, 0) is 89.9 Å². The molecule has 0 aliphatic rings. The maximum Gasteiger partial charge on any atom is 0.306 e. The molecule has 0 aromatic rings. The first-order chi connectivity index (χ1) is 46.6. The summed E-state index contributed by atoms with van der Waals surface area (Å²) in [4.78, 5) is 24.8. The standard InChI is InChI=1S/C89H164O5/c1-3-5-7-9-11-13-15-17-19-21-23-25-27-29-31-33-35-37-39-41-43-44-46-48-50-52-54-56-58-60-62-64-66-68-70-72-74-76-78-80-82-84-89(92)94-87(85-90)86-93-88(91)83-81-79-77-75-73-71-69-67-65-63-61-59-57-55-53-51-49-47-45-42-40-38-36-34-32-30-28-26-24-22-20-18-16-14-12-10-8-6-4-2/h15-18,21-24,27-30,87,90H,3-14,19-20,25-26,31-86H2,1-2H3/b17-15-,18-16-,23-21-,24-22-,29-27-,30-28-. The van der Waals surface area contributed by atoms with E-state index in [9.17, 15) is 14.7 Å². The quantitative estimate of drug-likeness (QED) is 0.0373. The van der Waals surface area contributed by atoms with Crippen LogP contribution in [0.25, 0.3) is 0 Å². The third-order valence-corrected chi connectivity index (χ3v) is 19.5. The lowest BCUT2D eigenvalue weighted by molar-refractivity contribution is -0.161. The van der Waals surface area contributed by atoms with Crippen LogP contribution < -0.4 is 0 Å². The molecule has 0 heterocycles. The van der Waals surface area contributed by atoms with E-state index in [0.29, 0.717) is 12.8 Å². The van der Waals surface area contributed by atoms with E-state index in [1.165, 1.54) is 372 Å². The first-order valence-electron chi connectivity index (χ1n) is 42.5. The highest BCUT2D eigenvalue weighted by Crippen LogP contribution is 2.20. The number of unbranched alkanes of at least 4 members (excludes halogenated alkanes) is 60. The van der Waals surface area contributed by atoms with Crippen LogP contribution in [-0.4, -0.2) is 36.4 Å². The molecule has 0 radical (unpaired) electrons. The van der Waals surface area contributed by atoms with Gasteiger partial charge in [-0.15, -0.1) is 0 Å². The predicted molar refractivity (Wildman–Crippen MR) is 417 cm³/mol. The minimum absolute atomic E-state index is 0.0600. The average Bonchev–Trinajstić information content (AvgIpc) is 3.77. The van der Waals surface area contributed by atoms with Crippen LogP contribution in [0.5, 0.6) is 0 Å². The molecule has 0 aliphatic heterocycles. The van der Waals surface area contributed by atoms with Gasteiger partial charge in [0.2, 0.25) is 0 Å². The Bertz CT molecular complexity index is 1640. The van der Waals surface area contributed by atoms with Crippen LogP contribution in [0.3, 0.4) is 0 Å². The molecule has 1 unspecified atom stereocenters. The minimum Gasteiger partial charge on any atom is -0.462 e. The van der Waals surface area contributed by atoms with Crippen molar-refractivity contribution in [2.45, 2.75) is 469 Å². The number of hydrogen-bond acceptors (Lipinski definition) is 5. The highest BCUT2D eigenvalue weighted by Gasteiger charge is 2.16. The lowest BCUT2D eigenvalue weighted by Crippen LogP contribution is -2.28. The molecule has 0 aliphatic carbocycles. The normalized spacial score (nSPS) is 12.5. The first-order valence-corrected chi connectivity index (χ1v) is 42.5. The van der Waals surface area contributed by atoms with E-state index in [1.54, 1.807) is 0 Å². The molecule has 1 atom stereocenters. The molecule has 94 heavy (non-hydrogen) atoms. The lowest BCUT2D eigenvalue weighted by Gasteiger charge is -2.15. The van der Waals surface area contributed by atoms with Crippen molar-refractivity contribution in [3.63, 3.8) is 0 Å². The van der Waals surface area contributed by atoms with E-state index in [2.05, 4.69) is 86.8 Å². The Morgan fingerprint density at radius 2 is 0.426 bits per heavy atom. The van der Waals surface area contributed by atoms with Gasteiger partial charge in [0, 0.05) is 12.8 Å². The SMILES string of the molecule is CCCCCCC/C=C\C/C=C\C/C=C\CCCCCCCCCCCCCCCCCCCCCCCCCCCCC(=O)OC(CO)COC(=O)CCCCCCCCCCCCCCCCCCCCCCCCCC/C=C\C/C=C\C/C=C\CCCCCCC. The topological polar surface area (TPSA) is 72.8 Å². The summed E-state index contributed by atoms with van der Waals surface area (Å²) in [6.07, 6.45) is 119. The van der Waals surface area contributed by atoms with Gasteiger partial charge in [-0.2, -0.15) is 0 Å². The van der Waals surface area contributed by atoms with Gasteiger partial charge in [-0.1, -0.05) is 433 Å². The third-order valence-electron chi connectivity index (χ3n) is 19.5. The molecule has 0 aromatic carbocycles. The molecule has 5 nitrogen and oxygen atoms in total. The number of hydrogen-bond donors (Lipinski definition) is 1. The van der Waals surface area contributed by atoms with Gasteiger partial charge in [0.05, 0.1) is 6.61 Å². The fourth-order valence-corrected chi connectivity index (χ4v) is 13.1. The number of carbonyl (C=O) groups is 2. The van der Waals surface area contributed by atoms with Gasteiger partial charge in [0.15, 0.2) is 6.10 Å². The van der Waals surface area contributed by atoms with Gasteiger partial charge in [-0.25, -0.2) is 0 Å². The molecule has 0 fully saturated rings. The summed E-state index contributed by atoms with van der Waals surface area (Å²) in [5.74, 6) is -0.564. The zero-order chi connectivity index (χ0) is 67.5. The molecular formula is C89H164O5. The average molecular weight is 1310 g/mol. The molecule has 0 rings (SSSR count). The number of aliphatic hydroxyl groups excluding tert-OH is 1. The van der Waals surface area contributed by atoms with Crippen LogP contribution in [0, 0.1) is 0 Å². The minimum atomic E-state index is -0.772. The summed E-state index contributed by atoms with van der Waals surface area (Å²) >= 11 is 0. The van der Waals surface area contributed by atoms with Crippen LogP contribution >= 0.6 is 0 Å². The smallest absolute Gasteiger partial charge is 0.306 e. The molecule has 0 aromatic heterocycles. The fourth-order valence-electron chi connectivity index (χ4n) is 13.1. The Morgan fingerprint density at radius 3 is 0.638 bits per heavy atom. The number of aliphatic hydroxyl groups is 1. The van der Waals surface area contributed by atoms with E-state index < -0.39 is 6.10 Å². The van der Waals surface area contributed by atoms with E-state index in [1.807, 2.05) is 0 Å². The number of ether oxygens (including phenoxy) is 2. The number of esters is 2. The molecule has 0 spiro atoms. The summed E-state index contributed by atoms with van der Waals surface area (Å²) in [5.41, 5.74) is 0. The van der Waals surface area contributed by atoms with Crippen LogP contribution in [0.15, 0.2) is 72.9 Å². The zero-order valence-electron chi connectivity index (χ0n) is 63.5. The van der Waals surface area contributed by atoms with Gasteiger partial charge in [0.1, 0.15) is 6.61 Å². The van der Waals surface area contributed by atoms with Crippen molar-refractivity contribution < 1.29 is 24.2 Å². The summed E-state index contributed by atoms with van der Waals surface area (Å²) < 4.78 is 10.8. The largest absolute Gasteiger partial charge is 0.462 e. The van der Waals surface area contributed by atoms with Crippen molar-refractivity contribution in [2.24, 2.45) is 0 Å². The summed E-state index contributed by atoms with van der Waals surface area (Å²) in [6.45, 7) is 4.18. The Morgan fingerprint density at radius 1 is 0.245 bits per heavy atom. The first kappa shape index (κ1) is 91.3. The second kappa shape index (κ2) is 84.6. The van der Waals surface area contributed by atoms with Gasteiger partial charge < -0.3 is 14.6 Å². The van der Waals surface area contributed by atoms with Crippen LogP contribution in [0.2, 0.25) is 0 Å². The van der Waals surface area contributed by atoms with Crippen molar-refractivity contribution in [2.75, 3.05) is 13.2 Å².